The summed E-state index contributed by atoms with van der Waals surface area (Å²) in [4.78, 5) is 60.0. The Bertz CT molecular complexity index is 1820. The molecule has 6 unspecified atom stereocenters. The van der Waals surface area contributed by atoms with E-state index in [4.69, 9.17) is 4.74 Å². The summed E-state index contributed by atoms with van der Waals surface area (Å²) in [5, 5.41) is 11.6. The number of allylic oxidation sites excluding steroid dienone is 2. The highest BCUT2D eigenvalue weighted by Gasteiger charge is 2.68. The molecule has 1 N–H and O–H groups in total. The molecule has 2 heterocycles. The van der Waals surface area contributed by atoms with Gasteiger partial charge < -0.3 is 9.84 Å². The highest BCUT2D eigenvalue weighted by atomic mass is 16.5. The number of anilines is 1. The first-order chi connectivity index (χ1) is 23.3. The summed E-state index contributed by atoms with van der Waals surface area (Å²) in [6, 6.07) is 23.8. The number of imide groups is 2. The number of fused-ring (bicyclic) bond motifs is 4. The molecule has 3 aromatic carbocycles. The number of carbonyl (C=O) groups excluding carboxylic acids is 4. The molecule has 3 aliphatic carbocycles. The number of para-hydroxylation sites is 1. The Hall–Kier alpha value is -4.72. The van der Waals surface area contributed by atoms with Gasteiger partial charge in [0.25, 0.3) is 0 Å². The minimum atomic E-state index is -1.22. The van der Waals surface area contributed by atoms with Gasteiger partial charge in [-0.1, -0.05) is 85.5 Å². The highest BCUT2D eigenvalue weighted by Crippen LogP contribution is 2.64. The van der Waals surface area contributed by atoms with E-state index in [0.29, 0.717) is 36.4 Å². The van der Waals surface area contributed by atoms with Crippen LogP contribution in [0.3, 0.4) is 0 Å². The number of ether oxygens (including phenoxy) is 1. The van der Waals surface area contributed by atoms with Gasteiger partial charge in [0, 0.05) is 23.6 Å². The third kappa shape index (κ3) is 4.63. The van der Waals surface area contributed by atoms with Gasteiger partial charge in [0.05, 0.1) is 28.9 Å². The maximum Gasteiger partial charge on any atom is 0.241 e. The molecule has 5 aliphatic rings. The van der Waals surface area contributed by atoms with Crippen LogP contribution in [0.15, 0.2) is 90.5 Å². The summed E-state index contributed by atoms with van der Waals surface area (Å²) in [5.41, 5.74) is 1.65. The molecular formula is C40H40N2O6. The third-order valence-corrected chi connectivity index (χ3v) is 11.8. The van der Waals surface area contributed by atoms with Crippen molar-refractivity contribution in [2.45, 2.75) is 70.4 Å². The Balaban J connectivity index is 1.20. The van der Waals surface area contributed by atoms with Gasteiger partial charge in [-0.2, -0.15) is 0 Å². The Morgan fingerprint density at radius 1 is 0.833 bits per heavy atom. The lowest BCUT2D eigenvalue weighted by molar-refractivity contribution is -0.144. The molecule has 0 aromatic heterocycles. The number of hydrogen-bond acceptors (Lipinski definition) is 6. The molecule has 2 aliphatic heterocycles. The fraction of sp³-hybridized carbons (Fsp3) is 0.400. The van der Waals surface area contributed by atoms with Crippen molar-refractivity contribution >= 4 is 29.3 Å². The maximum atomic E-state index is 14.6. The van der Waals surface area contributed by atoms with Gasteiger partial charge in [-0.25, -0.2) is 4.90 Å². The van der Waals surface area contributed by atoms with Gasteiger partial charge in [0.1, 0.15) is 18.1 Å². The monoisotopic (exact) mass is 644 g/mol. The van der Waals surface area contributed by atoms with Gasteiger partial charge in [-0.05, 0) is 62.3 Å². The molecule has 8 heteroatoms. The zero-order chi connectivity index (χ0) is 33.2. The van der Waals surface area contributed by atoms with E-state index in [1.54, 1.807) is 47.4 Å². The second kappa shape index (κ2) is 11.8. The number of amides is 4. The number of phenols is 1. The molecule has 0 bridgehead atoms. The Labute approximate surface area is 280 Å². The SMILES string of the molecule is CC12C(=O)N(c3ccccc3)C(=O)C1CC1C(=CCC3C(=O)N(C4CCCCC4)C(=O)C31)C2c1ccc(OCc2ccccc2)cc1O. The fourth-order valence-corrected chi connectivity index (χ4v) is 9.50. The van der Waals surface area contributed by atoms with E-state index in [2.05, 4.69) is 0 Å². The van der Waals surface area contributed by atoms with Crippen LogP contribution in [0.2, 0.25) is 0 Å². The standard InChI is InChI=1S/C40H40N2O6/c1-40-32(37(45)42(39(40)47)26-15-9-4-10-16-26)22-31-28(19-20-30-34(31)38(46)41(36(30)44)25-13-7-3-8-14-25)35(40)29-18-17-27(21-33(29)43)48-23-24-11-5-2-6-12-24/h2,4-6,9-12,15-19,21,25,30-32,34-35,43H,3,7-8,13-14,20,22-23H2,1H3. The molecule has 2 saturated heterocycles. The Kier molecular flexibility index (Phi) is 7.50. The number of aromatic hydroxyl groups is 1. The van der Waals surface area contributed by atoms with Crippen molar-refractivity contribution in [2.75, 3.05) is 4.90 Å². The number of hydrogen-bond donors (Lipinski definition) is 1. The van der Waals surface area contributed by atoms with Crippen molar-refractivity contribution in [3.05, 3.63) is 102 Å². The van der Waals surface area contributed by atoms with E-state index in [-0.39, 0.29) is 35.4 Å². The second-order valence-corrected chi connectivity index (χ2v) is 14.3. The lowest BCUT2D eigenvalue weighted by Gasteiger charge is -2.49. The molecule has 2 saturated carbocycles. The summed E-state index contributed by atoms with van der Waals surface area (Å²) < 4.78 is 6.01. The lowest BCUT2D eigenvalue weighted by atomic mass is 9.51. The van der Waals surface area contributed by atoms with Crippen LogP contribution in [-0.4, -0.2) is 39.7 Å². The minimum absolute atomic E-state index is 0.0368. The molecule has 6 atom stereocenters. The molecule has 48 heavy (non-hydrogen) atoms. The smallest absolute Gasteiger partial charge is 0.241 e. The maximum absolute atomic E-state index is 14.6. The number of benzene rings is 3. The zero-order valence-electron chi connectivity index (χ0n) is 27.1. The van der Waals surface area contributed by atoms with Gasteiger partial charge in [0.15, 0.2) is 0 Å². The minimum Gasteiger partial charge on any atom is -0.508 e. The molecule has 4 amide bonds. The van der Waals surface area contributed by atoms with Crippen molar-refractivity contribution in [1.82, 2.24) is 4.90 Å². The van der Waals surface area contributed by atoms with Crippen molar-refractivity contribution in [1.29, 1.82) is 0 Å². The number of carbonyl (C=O) groups is 4. The highest BCUT2D eigenvalue weighted by molar-refractivity contribution is 6.24. The van der Waals surface area contributed by atoms with Crippen LogP contribution >= 0.6 is 0 Å². The van der Waals surface area contributed by atoms with Crippen LogP contribution in [0.4, 0.5) is 5.69 Å². The summed E-state index contributed by atoms with van der Waals surface area (Å²) in [6.07, 6.45) is 7.51. The first-order valence-corrected chi connectivity index (χ1v) is 17.3. The molecule has 3 aromatic rings. The summed E-state index contributed by atoms with van der Waals surface area (Å²) >= 11 is 0. The van der Waals surface area contributed by atoms with E-state index in [1.165, 1.54) is 4.90 Å². The summed E-state index contributed by atoms with van der Waals surface area (Å²) in [6.45, 7) is 2.16. The zero-order valence-corrected chi connectivity index (χ0v) is 27.1. The van der Waals surface area contributed by atoms with Crippen LogP contribution < -0.4 is 9.64 Å². The Morgan fingerprint density at radius 2 is 1.54 bits per heavy atom. The van der Waals surface area contributed by atoms with E-state index in [9.17, 15) is 24.3 Å². The van der Waals surface area contributed by atoms with E-state index in [1.807, 2.05) is 49.4 Å². The number of nitrogens with zero attached hydrogens (tertiary/aromatic N) is 2. The van der Waals surface area contributed by atoms with Gasteiger partial charge >= 0.3 is 0 Å². The number of rotatable bonds is 6. The third-order valence-electron chi connectivity index (χ3n) is 11.8. The van der Waals surface area contributed by atoms with Gasteiger partial charge in [-0.15, -0.1) is 0 Å². The van der Waals surface area contributed by atoms with Crippen molar-refractivity contribution in [3.8, 4) is 11.5 Å². The second-order valence-electron chi connectivity index (χ2n) is 14.3. The van der Waals surface area contributed by atoms with Crippen molar-refractivity contribution < 1.29 is 29.0 Å². The fourth-order valence-electron chi connectivity index (χ4n) is 9.50. The van der Waals surface area contributed by atoms with Crippen molar-refractivity contribution in [2.24, 2.45) is 29.1 Å². The van der Waals surface area contributed by atoms with Crippen LogP contribution in [-0.2, 0) is 25.8 Å². The van der Waals surface area contributed by atoms with Crippen molar-refractivity contribution in [3.63, 3.8) is 0 Å². The lowest BCUT2D eigenvalue weighted by Crippen LogP contribution is -2.49. The predicted octanol–water partition coefficient (Wildman–Crippen LogP) is 6.53. The van der Waals surface area contributed by atoms with E-state index in [0.717, 1.165) is 43.2 Å². The summed E-state index contributed by atoms with van der Waals surface area (Å²) in [7, 11) is 0. The molecule has 8 nitrogen and oxygen atoms in total. The Morgan fingerprint density at radius 3 is 2.25 bits per heavy atom. The average molecular weight is 645 g/mol. The van der Waals surface area contributed by atoms with E-state index >= 15 is 0 Å². The van der Waals surface area contributed by atoms with Gasteiger partial charge in [-0.3, -0.25) is 24.1 Å². The molecule has 0 radical (unpaired) electrons. The van der Waals surface area contributed by atoms with Crippen LogP contribution in [0.5, 0.6) is 11.5 Å². The molecule has 8 rings (SSSR count). The normalized spacial score (nSPS) is 30.2. The van der Waals surface area contributed by atoms with Crippen LogP contribution in [0.1, 0.15) is 68.9 Å². The first kappa shape index (κ1) is 30.6. The molecule has 0 spiro atoms. The summed E-state index contributed by atoms with van der Waals surface area (Å²) in [5.74, 6) is -3.30. The van der Waals surface area contributed by atoms with Gasteiger partial charge in [0.2, 0.25) is 23.6 Å². The molecular weight excluding hydrogens is 604 g/mol. The first-order valence-electron chi connectivity index (χ1n) is 17.3. The molecule has 4 fully saturated rings. The largest absolute Gasteiger partial charge is 0.508 e. The predicted molar refractivity (Wildman–Crippen MR) is 179 cm³/mol. The van der Waals surface area contributed by atoms with E-state index < -0.39 is 35.0 Å². The van der Waals surface area contributed by atoms with Crippen LogP contribution in [0, 0.1) is 29.1 Å². The average Bonchev–Trinajstić information content (AvgIpc) is 3.48. The van der Waals surface area contributed by atoms with Crippen LogP contribution in [0.25, 0.3) is 0 Å². The molecule has 246 valence electrons. The topological polar surface area (TPSA) is 104 Å². The quantitative estimate of drug-likeness (QED) is 0.242. The number of phenolic OH excluding ortho intramolecular Hbond substituents is 1. The number of likely N-dealkylation sites (tertiary alicyclic amines) is 1.